The predicted molar refractivity (Wildman–Crippen MR) is 101 cm³/mol. The summed E-state index contributed by atoms with van der Waals surface area (Å²) in [6.07, 6.45) is 6.29. The van der Waals surface area contributed by atoms with E-state index in [0.29, 0.717) is 11.9 Å². The molecule has 2 fully saturated rings. The van der Waals surface area contributed by atoms with E-state index in [9.17, 15) is 4.39 Å². The van der Waals surface area contributed by atoms with E-state index < -0.39 is 5.82 Å². The Balaban J connectivity index is 1.47. The molecule has 8 nitrogen and oxygen atoms in total. The molecule has 27 heavy (non-hydrogen) atoms. The van der Waals surface area contributed by atoms with Gasteiger partial charge in [0.1, 0.15) is 5.82 Å². The second-order valence-electron chi connectivity index (χ2n) is 6.87. The van der Waals surface area contributed by atoms with Gasteiger partial charge in [-0.3, -0.25) is 0 Å². The lowest BCUT2D eigenvalue weighted by Crippen LogP contribution is -2.48. The molecule has 2 saturated heterocycles. The minimum absolute atomic E-state index is 0.243. The molecule has 4 heterocycles. The van der Waals surface area contributed by atoms with Crippen LogP contribution in [0.5, 0.6) is 0 Å². The van der Waals surface area contributed by atoms with Crippen LogP contribution in [0.3, 0.4) is 0 Å². The van der Waals surface area contributed by atoms with Crippen molar-refractivity contribution in [1.29, 1.82) is 0 Å². The van der Waals surface area contributed by atoms with Crippen molar-refractivity contribution >= 4 is 17.7 Å². The Morgan fingerprint density at radius 3 is 2.67 bits per heavy atom. The summed E-state index contributed by atoms with van der Waals surface area (Å²) in [5.41, 5.74) is 0. The summed E-state index contributed by atoms with van der Waals surface area (Å²) < 4.78 is 18.5. The predicted octanol–water partition coefficient (Wildman–Crippen LogP) is 1.35. The zero-order chi connectivity index (χ0) is 18.6. The summed E-state index contributed by atoms with van der Waals surface area (Å²) in [6, 6.07) is 2.19. The van der Waals surface area contributed by atoms with Crippen LogP contribution in [0.1, 0.15) is 12.8 Å². The summed E-state index contributed by atoms with van der Waals surface area (Å²) in [5.74, 6) is 1.80. The van der Waals surface area contributed by atoms with Gasteiger partial charge in [-0.05, 0) is 18.9 Å². The monoisotopic (exact) mass is 373 g/mol. The largest absolute Gasteiger partial charge is 0.378 e. The molecule has 4 rings (SSSR count). The Kier molecular flexibility index (Phi) is 5.28. The topological polar surface area (TPSA) is 70.5 Å². The maximum Gasteiger partial charge on any atom is 0.227 e. The summed E-state index contributed by atoms with van der Waals surface area (Å²) in [4.78, 5) is 23.9. The molecule has 0 aromatic carbocycles. The van der Waals surface area contributed by atoms with Crippen LogP contribution in [-0.2, 0) is 4.74 Å². The Morgan fingerprint density at radius 2 is 1.89 bits per heavy atom. The number of anilines is 3. The van der Waals surface area contributed by atoms with E-state index in [1.807, 2.05) is 19.3 Å². The van der Waals surface area contributed by atoms with Crippen LogP contribution in [0.4, 0.5) is 22.1 Å². The summed E-state index contributed by atoms with van der Waals surface area (Å²) in [6.45, 7) is 4.77. The molecule has 0 saturated carbocycles. The summed E-state index contributed by atoms with van der Waals surface area (Å²) in [5, 5.41) is 0. The van der Waals surface area contributed by atoms with Gasteiger partial charge < -0.3 is 19.4 Å². The van der Waals surface area contributed by atoms with Crippen LogP contribution in [0.15, 0.2) is 24.7 Å². The minimum atomic E-state index is -0.419. The molecule has 2 aromatic heterocycles. The van der Waals surface area contributed by atoms with E-state index in [1.54, 1.807) is 0 Å². The number of hydrogen-bond acceptors (Lipinski definition) is 8. The number of aromatic nitrogens is 4. The van der Waals surface area contributed by atoms with E-state index in [4.69, 9.17) is 9.72 Å². The van der Waals surface area contributed by atoms with Crippen LogP contribution in [0, 0.1) is 5.82 Å². The average molecular weight is 373 g/mol. The molecule has 0 bridgehead atoms. The normalized spacial score (nSPS) is 20.6. The first-order valence-corrected chi connectivity index (χ1v) is 9.32. The Hall–Kier alpha value is -2.55. The number of morpholine rings is 1. The fraction of sp³-hybridized carbons (Fsp3) is 0.556. The lowest BCUT2D eigenvalue weighted by atomic mass is 10.1. The number of likely N-dealkylation sites (N-methyl/N-ethyl adjacent to an activating group) is 1. The molecule has 1 unspecified atom stereocenters. The van der Waals surface area contributed by atoms with Crippen molar-refractivity contribution < 1.29 is 9.13 Å². The third-order valence-electron chi connectivity index (χ3n) is 5.11. The van der Waals surface area contributed by atoms with Gasteiger partial charge in [0.2, 0.25) is 11.9 Å². The van der Waals surface area contributed by atoms with Gasteiger partial charge in [-0.1, -0.05) is 0 Å². The number of rotatable bonds is 4. The van der Waals surface area contributed by atoms with Crippen molar-refractivity contribution in [3.8, 4) is 0 Å². The fourth-order valence-corrected chi connectivity index (χ4v) is 3.56. The highest BCUT2D eigenvalue weighted by atomic mass is 19.1. The van der Waals surface area contributed by atoms with E-state index >= 15 is 0 Å². The van der Waals surface area contributed by atoms with Crippen LogP contribution in [-0.4, -0.2) is 72.4 Å². The first kappa shape index (κ1) is 17.8. The van der Waals surface area contributed by atoms with Crippen LogP contribution < -0.4 is 14.7 Å². The molecule has 144 valence electrons. The molecule has 0 radical (unpaired) electrons. The smallest absolute Gasteiger partial charge is 0.227 e. The molecule has 0 aliphatic carbocycles. The molecule has 0 N–H and O–H groups in total. The Bertz CT molecular complexity index is 754. The molecular weight excluding hydrogens is 349 g/mol. The highest BCUT2D eigenvalue weighted by Gasteiger charge is 2.26. The van der Waals surface area contributed by atoms with Crippen LogP contribution >= 0.6 is 0 Å². The van der Waals surface area contributed by atoms with E-state index in [-0.39, 0.29) is 6.04 Å². The van der Waals surface area contributed by atoms with Gasteiger partial charge >= 0.3 is 0 Å². The molecule has 0 amide bonds. The van der Waals surface area contributed by atoms with Gasteiger partial charge in [0.15, 0.2) is 5.82 Å². The zero-order valence-corrected chi connectivity index (χ0v) is 15.5. The highest BCUT2D eigenvalue weighted by Crippen LogP contribution is 2.23. The second-order valence-corrected chi connectivity index (χ2v) is 6.87. The van der Waals surface area contributed by atoms with Crippen molar-refractivity contribution in [2.75, 3.05) is 61.1 Å². The van der Waals surface area contributed by atoms with Gasteiger partial charge in [-0.25, -0.2) is 19.3 Å². The zero-order valence-electron chi connectivity index (χ0n) is 15.5. The lowest BCUT2D eigenvalue weighted by Gasteiger charge is -2.37. The number of ether oxygens (including phenoxy) is 1. The number of piperidine rings is 1. The molecule has 9 heteroatoms. The molecule has 1 atom stereocenters. The maximum absolute atomic E-state index is 13.1. The molecular formula is C18H24FN7O. The summed E-state index contributed by atoms with van der Waals surface area (Å²) in [7, 11) is 2.03. The number of hydrogen-bond donors (Lipinski definition) is 0. The van der Waals surface area contributed by atoms with E-state index in [0.717, 1.165) is 58.1 Å². The molecule has 2 aromatic rings. The third kappa shape index (κ3) is 4.08. The molecule has 0 spiro atoms. The second kappa shape index (κ2) is 7.99. The first-order valence-electron chi connectivity index (χ1n) is 9.32. The van der Waals surface area contributed by atoms with Gasteiger partial charge in [0, 0.05) is 45.5 Å². The van der Waals surface area contributed by atoms with Crippen LogP contribution in [0.2, 0.25) is 0 Å². The van der Waals surface area contributed by atoms with Crippen LogP contribution in [0.25, 0.3) is 0 Å². The average Bonchev–Trinajstić information content (AvgIpc) is 2.74. The highest BCUT2D eigenvalue weighted by molar-refractivity contribution is 5.45. The van der Waals surface area contributed by atoms with Crippen molar-refractivity contribution in [2.24, 2.45) is 0 Å². The van der Waals surface area contributed by atoms with Crippen molar-refractivity contribution in [1.82, 2.24) is 19.9 Å². The molecule has 2 aliphatic heterocycles. The van der Waals surface area contributed by atoms with Gasteiger partial charge in [0.05, 0.1) is 25.6 Å². The van der Waals surface area contributed by atoms with Crippen molar-refractivity contribution in [3.63, 3.8) is 0 Å². The Morgan fingerprint density at radius 1 is 1.11 bits per heavy atom. The van der Waals surface area contributed by atoms with E-state index in [2.05, 4.69) is 29.7 Å². The maximum atomic E-state index is 13.1. The summed E-state index contributed by atoms with van der Waals surface area (Å²) >= 11 is 0. The SMILES string of the molecule is CN(c1nccc(N2CCOCC2)n1)C1CCCN(c2ncc(F)cn2)C1. The van der Waals surface area contributed by atoms with Gasteiger partial charge in [-0.2, -0.15) is 4.98 Å². The van der Waals surface area contributed by atoms with Crippen molar-refractivity contribution in [3.05, 3.63) is 30.5 Å². The third-order valence-corrected chi connectivity index (χ3v) is 5.11. The van der Waals surface area contributed by atoms with E-state index in [1.165, 1.54) is 12.4 Å². The first-order chi connectivity index (χ1) is 13.2. The lowest BCUT2D eigenvalue weighted by molar-refractivity contribution is 0.122. The minimum Gasteiger partial charge on any atom is -0.378 e. The standard InChI is InChI=1S/C18H24FN7O/c1-24(18-20-5-4-16(23-18)25-7-9-27-10-8-25)15-3-2-6-26(13-15)17-21-11-14(19)12-22-17/h4-5,11-12,15H,2-3,6-10,13H2,1H3. The number of nitrogens with zero attached hydrogens (tertiary/aromatic N) is 7. The fourth-order valence-electron chi connectivity index (χ4n) is 3.56. The van der Waals surface area contributed by atoms with Gasteiger partial charge in [0.25, 0.3) is 0 Å². The van der Waals surface area contributed by atoms with Gasteiger partial charge in [-0.15, -0.1) is 0 Å². The van der Waals surface area contributed by atoms with Crippen molar-refractivity contribution in [2.45, 2.75) is 18.9 Å². The Labute approximate surface area is 158 Å². The quantitative estimate of drug-likeness (QED) is 0.795. The number of halogens is 1. The molecule has 2 aliphatic rings.